The Morgan fingerprint density at radius 3 is 2.45 bits per heavy atom. The normalized spacial score (nSPS) is 15.1. The summed E-state index contributed by atoms with van der Waals surface area (Å²) in [4.78, 5) is 11.9. The summed E-state index contributed by atoms with van der Waals surface area (Å²) < 4.78 is 84.1. The van der Waals surface area contributed by atoms with Gasteiger partial charge in [-0.3, -0.25) is 4.79 Å². The van der Waals surface area contributed by atoms with Crippen LogP contribution in [0.2, 0.25) is 5.02 Å². The van der Waals surface area contributed by atoms with Gasteiger partial charge in [0, 0.05) is 23.8 Å². The molecule has 0 aromatic heterocycles. The van der Waals surface area contributed by atoms with Gasteiger partial charge in [-0.2, -0.15) is 17.5 Å². The van der Waals surface area contributed by atoms with Crippen molar-refractivity contribution >= 4 is 33.2 Å². The third-order valence-corrected chi connectivity index (χ3v) is 6.66. The lowest BCUT2D eigenvalue weighted by molar-refractivity contribution is -0.140. The quantitative estimate of drug-likeness (QED) is 0.625. The zero-order valence-electron chi connectivity index (χ0n) is 15.9. The molecule has 0 saturated carbocycles. The Labute approximate surface area is 180 Å². The summed E-state index contributed by atoms with van der Waals surface area (Å²) in [5.41, 5.74) is -1.81. The molecule has 0 radical (unpaired) electrons. The van der Waals surface area contributed by atoms with Crippen LogP contribution in [-0.2, 0) is 21.0 Å². The van der Waals surface area contributed by atoms with Crippen LogP contribution in [0.4, 0.5) is 23.2 Å². The molecule has 1 amide bonds. The van der Waals surface area contributed by atoms with Crippen LogP contribution in [0.5, 0.6) is 5.75 Å². The van der Waals surface area contributed by atoms with Crippen LogP contribution in [0, 0.1) is 5.82 Å². The van der Waals surface area contributed by atoms with Gasteiger partial charge in [-0.1, -0.05) is 11.6 Å². The van der Waals surface area contributed by atoms with Crippen LogP contribution in [0.25, 0.3) is 0 Å². The van der Waals surface area contributed by atoms with Crippen molar-refractivity contribution in [3.63, 3.8) is 0 Å². The molecule has 3 rings (SSSR count). The van der Waals surface area contributed by atoms with Crippen molar-refractivity contribution in [1.29, 1.82) is 0 Å². The van der Waals surface area contributed by atoms with Gasteiger partial charge in [0.2, 0.25) is 10.0 Å². The number of carbonyl (C=O) groups excluding carboxylic acids is 1. The Balaban J connectivity index is 1.74. The fourth-order valence-corrected chi connectivity index (χ4v) is 4.94. The minimum Gasteiger partial charge on any atom is -0.482 e. The summed E-state index contributed by atoms with van der Waals surface area (Å²) in [6.07, 6.45) is -3.49. The molecule has 0 unspecified atom stereocenters. The zero-order valence-corrected chi connectivity index (χ0v) is 17.5. The van der Waals surface area contributed by atoms with Gasteiger partial charge in [0.1, 0.15) is 16.5 Å². The minimum atomic E-state index is -4.93. The maximum absolute atomic E-state index is 13.4. The van der Waals surface area contributed by atoms with Gasteiger partial charge in [0.15, 0.2) is 6.61 Å². The van der Waals surface area contributed by atoms with Gasteiger partial charge in [0.05, 0.1) is 5.56 Å². The van der Waals surface area contributed by atoms with Crippen molar-refractivity contribution in [3.05, 3.63) is 52.8 Å². The molecule has 12 heteroatoms. The van der Waals surface area contributed by atoms with Crippen molar-refractivity contribution in [2.45, 2.75) is 23.9 Å². The predicted molar refractivity (Wildman–Crippen MR) is 105 cm³/mol. The van der Waals surface area contributed by atoms with E-state index in [1.807, 2.05) is 0 Å². The van der Waals surface area contributed by atoms with E-state index in [0.717, 1.165) is 18.9 Å². The highest BCUT2D eigenvalue weighted by atomic mass is 35.5. The number of ether oxygens (including phenoxy) is 1. The van der Waals surface area contributed by atoms with Gasteiger partial charge in [-0.15, -0.1) is 0 Å². The Kier molecular flexibility index (Phi) is 6.77. The van der Waals surface area contributed by atoms with Crippen molar-refractivity contribution in [1.82, 2.24) is 4.31 Å². The van der Waals surface area contributed by atoms with E-state index in [2.05, 4.69) is 5.32 Å². The molecule has 168 valence electrons. The molecular formula is C19H17ClF4N2O4S. The van der Waals surface area contributed by atoms with E-state index in [1.165, 1.54) is 22.5 Å². The smallest absolute Gasteiger partial charge is 0.419 e. The van der Waals surface area contributed by atoms with E-state index in [4.69, 9.17) is 16.3 Å². The first-order valence-corrected chi connectivity index (χ1v) is 10.9. The fraction of sp³-hybridized carbons (Fsp3) is 0.316. The summed E-state index contributed by atoms with van der Waals surface area (Å²) in [7, 11) is -3.90. The van der Waals surface area contributed by atoms with E-state index in [0.29, 0.717) is 25.2 Å². The molecule has 0 spiro atoms. The van der Waals surface area contributed by atoms with Crippen LogP contribution in [0.15, 0.2) is 41.3 Å². The SMILES string of the molecule is O=C(COc1ccc(Cl)cc1S(=O)(=O)N1CCCC1)Nc1ccc(F)c(C(F)(F)F)c1. The average Bonchev–Trinajstić information content (AvgIpc) is 3.23. The number of nitrogens with one attached hydrogen (secondary N) is 1. The highest BCUT2D eigenvalue weighted by molar-refractivity contribution is 7.89. The van der Waals surface area contributed by atoms with Crippen molar-refractivity contribution < 1.29 is 35.5 Å². The number of hydrogen-bond acceptors (Lipinski definition) is 4. The van der Waals surface area contributed by atoms with Gasteiger partial charge >= 0.3 is 6.18 Å². The number of sulfonamides is 1. The number of hydrogen-bond donors (Lipinski definition) is 1. The van der Waals surface area contributed by atoms with Crippen LogP contribution in [0.1, 0.15) is 18.4 Å². The van der Waals surface area contributed by atoms with E-state index < -0.39 is 40.1 Å². The van der Waals surface area contributed by atoms with Crippen LogP contribution < -0.4 is 10.1 Å². The van der Waals surface area contributed by atoms with Crippen LogP contribution >= 0.6 is 11.6 Å². The Morgan fingerprint density at radius 1 is 1.13 bits per heavy atom. The number of amides is 1. The number of anilines is 1. The molecule has 1 aliphatic heterocycles. The fourth-order valence-electron chi connectivity index (χ4n) is 3.03. The van der Waals surface area contributed by atoms with Gasteiger partial charge in [-0.25, -0.2) is 12.8 Å². The van der Waals surface area contributed by atoms with Gasteiger partial charge in [0.25, 0.3) is 5.91 Å². The lowest BCUT2D eigenvalue weighted by Gasteiger charge is -2.18. The Hall–Kier alpha value is -2.37. The van der Waals surface area contributed by atoms with E-state index in [9.17, 15) is 30.8 Å². The number of carbonyl (C=O) groups is 1. The first-order valence-electron chi connectivity index (χ1n) is 9.07. The molecule has 2 aromatic rings. The predicted octanol–water partition coefficient (Wildman–Crippen LogP) is 4.30. The zero-order chi connectivity index (χ0) is 22.8. The van der Waals surface area contributed by atoms with Crippen molar-refractivity contribution in [2.75, 3.05) is 25.0 Å². The molecular weight excluding hydrogens is 464 g/mol. The summed E-state index contributed by atoms with van der Waals surface area (Å²) in [5, 5.41) is 2.31. The summed E-state index contributed by atoms with van der Waals surface area (Å²) in [5.74, 6) is -2.46. The summed E-state index contributed by atoms with van der Waals surface area (Å²) in [6, 6.07) is 5.88. The summed E-state index contributed by atoms with van der Waals surface area (Å²) >= 11 is 5.92. The minimum absolute atomic E-state index is 0.124. The molecule has 6 nitrogen and oxygen atoms in total. The highest BCUT2D eigenvalue weighted by Gasteiger charge is 2.34. The number of benzene rings is 2. The monoisotopic (exact) mass is 480 g/mol. The first kappa shape index (κ1) is 23.3. The highest BCUT2D eigenvalue weighted by Crippen LogP contribution is 2.33. The van der Waals surface area contributed by atoms with Crippen molar-refractivity contribution in [2.24, 2.45) is 0 Å². The maximum atomic E-state index is 13.4. The maximum Gasteiger partial charge on any atom is 0.419 e. The van der Waals surface area contributed by atoms with Gasteiger partial charge < -0.3 is 10.1 Å². The number of nitrogens with zero attached hydrogens (tertiary/aromatic N) is 1. The molecule has 31 heavy (non-hydrogen) atoms. The van der Waals surface area contributed by atoms with Gasteiger partial charge in [-0.05, 0) is 49.2 Å². The molecule has 0 aliphatic carbocycles. The molecule has 0 bridgehead atoms. The second-order valence-electron chi connectivity index (χ2n) is 6.73. The topological polar surface area (TPSA) is 75.7 Å². The number of halogens is 5. The molecule has 2 aromatic carbocycles. The molecule has 1 saturated heterocycles. The van der Waals surface area contributed by atoms with E-state index in [-0.39, 0.29) is 21.4 Å². The Bertz CT molecular complexity index is 1090. The summed E-state index contributed by atoms with van der Waals surface area (Å²) in [6.45, 7) is 0.00460. The largest absolute Gasteiger partial charge is 0.482 e. The lowest BCUT2D eigenvalue weighted by Crippen LogP contribution is -2.29. The van der Waals surface area contributed by atoms with Crippen molar-refractivity contribution in [3.8, 4) is 5.75 Å². The van der Waals surface area contributed by atoms with Crippen LogP contribution in [-0.4, -0.2) is 38.3 Å². The first-order chi connectivity index (χ1) is 14.5. The Morgan fingerprint density at radius 2 is 1.81 bits per heavy atom. The molecule has 1 heterocycles. The molecule has 0 atom stereocenters. The van der Waals surface area contributed by atoms with E-state index in [1.54, 1.807) is 0 Å². The molecule has 1 N–H and O–H groups in total. The second-order valence-corrected chi connectivity index (χ2v) is 9.07. The third kappa shape index (κ3) is 5.46. The van der Waals surface area contributed by atoms with Crippen LogP contribution in [0.3, 0.4) is 0 Å². The standard InChI is InChI=1S/C19H17ClF4N2O4S/c20-12-3-6-16(17(9-12)31(28,29)26-7-1-2-8-26)30-11-18(27)25-13-4-5-15(21)14(10-13)19(22,23)24/h3-6,9-10H,1-2,7-8,11H2,(H,25,27). The molecule has 1 fully saturated rings. The average molecular weight is 481 g/mol. The molecule has 1 aliphatic rings. The lowest BCUT2D eigenvalue weighted by atomic mass is 10.2. The number of rotatable bonds is 6. The second kappa shape index (κ2) is 9.01. The number of alkyl halides is 3. The van der Waals surface area contributed by atoms with E-state index >= 15 is 0 Å². The third-order valence-electron chi connectivity index (χ3n) is 4.50.